The van der Waals surface area contributed by atoms with Crippen molar-refractivity contribution in [3.8, 4) is 0 Å². The van der Waals surface area contributed by atoms with Gasteiger partial charge in [-0.3, -0.25) is 9.69 Å². The molecule has 2 aromatic carbocycles. The number of rotatable bonds is 5. The summed E-state index contributed by atoms with van der Waals surface area (Å²) in [6.07, 6.45) is 0. The summed E-state index contributed by atoms with van der Waals surface area (Å²) in [6, 6.07) is 17.6. The lowest BCUT2D eigenvalue weighted by molar-refractivity contribution is -0.151. The number of thioether (sulfide) groups is 1. The summed E-state index contributed by atoms with van der Waals surface area (Å²) < 4.78 is 9.76. The number of para-hydroxylation sites is 1. The van der Waals surface area contributed by atoms with Gasteiger partial charge in [0.1, 0.15) is 6.61 Å². The smallest absolute Gasteiger partial charge is 0.332 e. The summed E-state index contributed by atoms with van der Waals surface area (Å²) in [7, 11) is 1.41. The van der Waals surface area contributed by atoms with Crippen molar-refractivity contribution in [2.45, 2.75) is 10.9 Å². The zero-order valence-electron chi connectivity index (χ0n) is 13.9. The van der Waals surface area contributed by atoms with E-state index in [0.29, 0.717) is 0 Å². The Morgan fingerprint density at radius 2 is 1.80 bits per heavy atom. The van der Waals surface area contributed by atoms with Gasteiger partial charge in [-0.2, -0.15) is 0 Å². The average Bonchev–Trinajstić information content (AvgIpc) is 2.66. The monoisotopic (exact) mass is 357 g/mol. The minimum atomic E-state index is -0.549. The van der Waals surface area contributed by atoms with Gasteiger partial charge >= 0.3 is 5.97 Å². The Labute approximate surface area is 150 Å². The predicted octanol–water partition coefficient (Wildman–Crippen LogP) is 3.06. The molecule has 1 aliphatic rings. The fraction of sp³-hybridized carbons (Fsp3) is 0.263. The number of carbonyl (C=O) groups is 2. The Morgan fingerprint density at radius 1 is 1.08 bits per heavy atom. The first-order valence-corrected chi connectivity index (χ1v) is 8.92. The fourth-order valence-corrected chi connectivity index (χ4v) is 3.96. The second kappa shape index (κ2) is 8.18. The first-order valence-electron chi connectivity index (χ1n) is 7.94. The first-order chi connectivity index (χ1) is 12.2. The van der Waals surface area contributed by atoms with Crippen molar-refractivity contribution in [3.05, 3.63) is 60.2 Å². The van der Waals surface area contributed by atoms with Crippen molar-refractivity contribution in [1.82, 2.24) is 0 Å². The average molecular weight is 357 g/mol. The van der Waals surface area contributed by atoms with E-state index in [1.807, 2.05) is 54.6 Å². The summed E-state index contributed by atoms with van der Waals surface area (Å²) in [5.74, 6) is -0.0449. The second-order valence-corrected chi connectivity index (χ2v) is 6.62. The quantitative estimate of drug-likeness (QED) is 0.770. The van der Waals surface area contributed by atoms with E-state index in [1.165, 1.54) is 7.11 Å². The molecule has 5 nitrogen and oxygen atoms in total. The highest BCUT2D eigenvalue weighted by Crippen LogP contribution is 2.43. The highest BCUT2D eigenvalue weighted by Gasteiger charge is 2.32. The molecule has 25 heavy (non-hydrogen) atoms. The molecule has 3 rings (SSSR count). The number of methoxy groups -OCH3 is 1. The van der Waals surface area contributed by atoms with Crippen LogP contribution < -0.4 is 4.90 Å². The minimum Gasteiger partial charge on any atom is -0.454 e. The van der Waals surface area contributed by atoms with Crippen LogP contribution in [0.3, 0.4) is 0 Å². The second-order valence-electron chi connectivity index (χ2n) is 5.56. The lowest BCUT2D eigenvalue weighted by Gasteiger charge is -2.37. The number of esters is 1. The maximum Gasteiger partial charge on any atom is 0.332 e. The summed E-state index contributed by atoms with van der Waals surface area (Å²) in [5, 5.41) is 0. The van der Waals surface area contributed by atoms with Crippen molar-refractivity contribution < 1.29 is 19.1 Å². The molecule has 0 N–H and O–H groups in total. The molecular formula is C19H19NO4S. The zero-order chi connectivity index (χ0) is 17.6. The molecule has 1 heterocycles. The largest absolute Gasteiger partial charge is 0.454 e. The SMILES string of the molecule is COCC(=O)OCC(=O)N1c2ccccc2SC[C@@H]1c1ccccc1. The minimum absolute atomic E-state index is 0.102. The van der Waals surface area contributed by atoms with E-state index in [-0.39, 0.29) is 25.2 Å². The molecule has 0 saturated heterocycles. The van der Waals surface area contributed by atoms with Crippen LogP contribution in [0.4, 0.5) is 5.69 Å². The van der Waals surface area contributed by atoms with Gasteiger partial charge in [0.25, 0.3) is 5.91 Å². The Bertz CT molecular complexity index is 750. The van der Waals surface area contributed by atoms with E-state index in [4.69, 9.17) is 9.47 Å². The third-order valence-corrected chi connectivity index (χ3v) is 5.04. The number of benzene rings is 2. The third-order valence-electron chi connectivity index (χ3n) is 3.91. The van der Waals surface area contributed by atoms with Crippen LogP contribution in [0.15, 0.2) is 59.5 Å². The fourth-order valence-electron chi connectivity index (χ4n) is 2.79. The van der Waals surface area contributed by atoms with E-state index in [2.05, 4.69) is 0 Å². The standard InChI is InChI=1S/C19H19NO4S/c1-23-12-19(22)24-11-18(21)20-15-9-5-6-10-17(15)25-13-16(20)14-7-3-2-4-8-14/h2-10,16H,11-13H2,1H3/t16-/m1/s1. The van der Waals surface area contributed by atoms with E-state index in [9.17, 15) is 9.59 Å². The molecule has 0 saturated carbocycles. The molecule has 0 aromatic heterocycles. The lowest BCUT2D eigenvalue weighted by Crippen LogP contribution is -2.41. The van der Waals surface area contributed by atoms with E-state index >= 15 is 0 Å². The molecule has 0 aliphatic carbocycles. The van der Waals surface area contributed by atoms with Gasteiger partial charge in [-0.05, 0) is 17.7 Å². The van der Waals surface area contributed by atoms with Gasteiger partial charge in [0, 0.05) is 17.8 Å². The van der Waals surface area contributed by atoms with Gasteiger partial charge in [-0.25, -0.2) is 4.79 Å². The number of anilines is 1. The van der Waals surface area contributed by atoms with Crippen LogP contribution in [-0.4, -0.2) is 38.0 Å². The normalized spacial score (nSPS) is 16.2. The molecule has 2 aromatic rings. The van der Waals surface area contributed by atoms with Crippen molar-refractivity contribution in [1.29, 1.82) is 0 Å². The van der Waals surface area contributed by atoms with Crippen molar-refractivity contribution in [2.75, 3.05) is 31.0 Å². The highest BCUT2D eigenvalue weighted by molar-refractivity contribution is 7.99. The van der Waals surface area contributed by atoms with Gasteiger partial charge in [-0.1, -0.05) is 42.5 Å². The summed E-state index contributed by atoms with van der Waals surface area (Å²) in [6.45, 7) is -0.466. The molecule has 0 unspecified atom stereocenters. The molecule has 1 aliphatic heterocycles. The lowest BCUT2D eigenvalue weighted by atomic mass is 10.1. The maximum absolute atomic E-state index is 12.9. The van der Waals surface area contributed by atoms with E-state index < -0.39 is 5.97 Å². The van der Waals surface area contributed by atoms with Crippen molar-refractivity contribution in [3.63, 3.8) is 0 Å². The van der Waals surface area contributed by atoms with Crippen molar-refractivity contribution >= 4 is 29.3 Å². The Kier molecular flexibility index (Phi) is 5.73. The molecule has 0 spiro atoms. The van der Waals surface area contributed by atoms with Crippen LogP contribution in [0, 0.1) is 0 Å². The van der Waals surface area contributed by atoms with Crippen LogP contribution in [0.2, 0.25) is 0 Å². The van der Waals surface area contributed by atoms with E-state index in [1.54, 1.807) is 16.7 Å². The number of fused-ring (bicyclic) bond motifs is 1. The third kappa shape index (κ3) is 4.03. The van der Waals surface area contributed by atoms with Gasteiger partial charge in [0.05, 0.1) is 11.7 Å². The van der Waals surface area contributed by atoms with Crippen LogP contribution in [0.5, 0.6) is 0 Å². The number of hydrogen-bond acceptors (Lipinski definition) is 5. The van der Waals surface area contributed by atoms with Gasteiger partial charge in [-0.15, -0.1) is 11.8 Å². The number of carbonyl (C=O) groups excluding carboxylic acids is 2. The number of ether oxygens (including phenoxy) is 2. The maximum atomic E-state index is 12.9. The summed E-state index contributed by atoms with van der Waals surface area (Å²) >= 11 is 1.72. The van der Waals surface area contributed by atoms with Crippen LogP contribution in [-0.2, 0) is 19.1 Å². The highest BCUT2D eigenvalue weighted by atomic mass is 32.2. The molecule has 0 fully saturated rings. The molecule has 0 bridgehead atoms. The molecule has 6 heteroatoms. The Hall–Kier alpha value is -2.31. The number of amides is 1. The molecular weight excluding hydrogens is 338 g/mol. The van der Waals surface area contributed by atoms with Crippen LogP contribution in [0.25, 0.3) is 0 Å². The first kappa shape index (κ1) is 17.5. The van der Waals surface area contributed by atoms with E-state index in [0.717, 1.165) is 21.9 Å². The molecule has 1 amide bonds. The topological polar surface area (TPSA) is 55.8 Å². The number of nitrogens with zero attached hydrogens (tertiary/aromatic N) is 1. The predicted molar refractivity (Wildman–Crippen MR) is 96.7 cm³/mol. The van der Waals surface area contributed by atoms with Gasteiger partial charge < -0.3 is 9.47 Å². The summed E-state index contributed by atoms with van der Waals surface area (Å²) in [4.78, 5) is 27.1. The van der Waals surface area contributed by atoms with Gasteiger partial charge in [0.15, 0.2) is 6.61 Å². The summed E-state index contributed by atoms with van der Waals surface area (Å²) in [5.41, 5.74) is 1.90. The number of hydrogen-bond donors (Lipinski definition) is 0. The van der Waals surface area contributed by atoms with Crippen LogP contribution >= 0.6 is 11.8 Å². The van der Waals surface area contributed by atoms with Gasteiger partial charge in [0.2, 0.25) is 0 Å². The van der Waals surface area contributed by atoms with Crippen LogP contribution in [0.1, 0.15) is 11.6 Å². The molecule has 1 atom stereocenters. The zero-order valence-corrected chi connectivity index (χ0v) is 14.7. The molecule has 0 radical (unpaired) electrons. The molecule has 130 valence electrons. The Morgan fingerprint density at radius 3 is 2.56 bits per heavy atom. The Balaban J connectivity index is 1.87. The van der Waals surface area contributed by atoms with Crippen molar-refractivity contribution in [2.24, 2.45) is 0 Å².